The lowest BCUT2D eigenvalue weighted by atomic mass is 9.87. The van der Waals surface area contributed by atoms with Crippen LogP contribution in [-0.4, -0.2) is 22.1 Å². The summed E-state index contributed by atoms with van der Waals surface area (Å²) < 4.78 is 0. The standard InChI is InChI=1S/C11H17N3O/c1-8-3-2-4-9(7-8)13-11(15)10-5-6-12-14-10/h5-6,8-9H,2-4,7H2,1H3,(H,12,14)(H,13,15). The predicted molar refractivity (Wildman–Crippen MR) is 57.5 cm³/mol. The van der Waals surface area contributed by atoms with Gasteiger partial charge in [-0.25, -0.2) is 0 Å². The number of aromatic nitrogens is 2. The summed E-state index contributed by atoms with van der Waals surface area (Å²) in [5.41, 5.74) is 0.549. The third kappa shape index (κ3) is 2.58. The molecule has 1 heterocycles. The quantitative estimate of drug-likeness (QED) is 0.775. The van der Waals surface area contributed by atoms with Gasteiger partial charge in [0.1, 0.15) is 5.69 Å². The van der Waals surface area contributed by atoms with Gasteiger partial charge in [0.15, 0.2) is 0 Å². The number of rotatable bonds is 2. The molecule has 4 heteroatoms. The van der Waals surface area contributed by atoms with E-state index in [-0.39, 0.29) is 5.91 Å². The zero-order valence-electron chi connectivity index (χ0n) is 8.99. The first kappa shape index (κ1) is 10.2. The van der Waals surface area contributed by atoms with E-state index < -0.39 is 0 Å². The Kier molecular flexibility index (Phi) is 3.04. The maximum absolute atomic E-state index is 11.7. The number of aromatic amines is 1. The lowest BCUT2D eigenvalue weighted by Gasteiger charge is -2.27. The Morgan fingerprint density at radius 2 is 2.47 bits per heavy atom. The number of carbonyl (C=O) groups is 1. The lowest BCUT2D eigenvalue weighted by Crippen LogP contribution is -2.38. The summed E-state index contributed by atoms with van der Waals surface area (Å²) >= 11 is 0. The van der Waals surface area contributed by atoms with Crippen molar-refractivity contribution in [3.05, 3.63) is 18.0 Å². The highest BCUT2D eigenvalue weighted by Crippen LogP contribution is 2.23. The second-order valence-corrected chi connectivity index (χ2v) is 4.41. The molecule has 1 aliphatic rings. The summed E-state index contributed by atoms with van der Waals surface area (Å²) in [6.45, 7) is 2.24. The van der Waals surface area contributed by atoms with E-state index in [0.29, 0.717) is 11.7 Å². The zero-order chi connectivity index (χ0) is 10.7. The van der Waals surface area contributed by atoms with Crippen molar-refractivity contribution in [3.8, 4) is 0 Å². The van der Waals surface area contributed by atoms with Crippen molar-refractivity contribution in [2.24, 2.45) is 5.92 Å². The first-order valence-corrected chi connectivity index (χ1v) is 5.56. The Hall–Kier alpha value is -1.32. The zero-order valence-corrected chi connectivity index (χ0v) is 8.99. The fraction of sp³-hybridized carbons (Fsp3) is 0.636. The van der Waals surface area contributed by atoms with Gasteiger partial charge >= 0.3 is 0 Å². The number of hydrogen-bond donors (Lipinski definition) is 2. The number of amides is 1. The molecular formula is C11H17N3O. The monoisotopic (exact) mass is 207 g/mol. The predicted octanol–water partition coefficient (Wildman–Crippen LogP) is 1.72. The summed E-state index contributed by atoms with van der Waals surface area (Å²) in [6.07, 6.45) is 6.30. The van der Waals surface area contributed by atoms with Crippen LogP contribution < -0.4 is 5.32 Å². The van der Waals surface area contributed by atoms with E-state index >= 15 is 0 Å². The number of nitrogens with one attached hydrogen (secondary N) is 2. The first-order chi connectivity index (χ1) is 7.25. The van der Waals surface area contributed by atoms with Crippen molar-refractivity contribution in [2.45, 2.75) is 38.6 Å². The molecule has 0 bridgehead atoms. The van der Waals surface area contributed by atoms with Gasteiger partial charge in [-0.05, 0) is 24.8 Å². The summed E-state index contributed by atoms with van der Waals surface area (Å²) in [4.78, 5) is 11.7. The maximum Gasteiger partial charge on any atom is 0.269 e. The lowest BCUT2D eigenvalue weighted by molar-refractivity contribution is 0.0916. The summed E-state index contributed by atoms with van der Waals surface area (Å²) in [5, 5.41) is 9.48. The van der Waals surface area contributed by atoms with Gasteiger partial charge in [-0.15, -0.1) is 0 Å². The Bertz CT molecular complexity index is 321. The van der Waals surface area contributed by atoms with E-state index in [0.717, 1.165) is 18.8 Å². The van der Waals surface area contributed by atoms with Crippen LogP contribution in [-0.2, 0) is 0 Å². The SMILES string of the molecule is CC1CCCC(NC(=O)c2ccn[nH]2)C1. The molecule has 0 aromatic carbocycles. The van der Waals surface area contributed by atoms with Crippen LogP contribution in [0.5, 0.6) is 0 Å². The van der Waals surface area contributed by atoms with Crippen LogP contribution in [0.4, 0.5) is 0 Å². The molecule has 2 unspecified atom stereocenters. The number of hydrogen-bond acceptors (Lipinski definition) is 2. The molecule has 0 radical (unpaired) electrons. The normalized spacial score (nSPS) is 26.2. The maximum atomic E-state index is 11.7. The van der Waals surface area contributed by atoms with Crippen molar-refractivity contribution < 1.29 is 4.79 Å². The molecule has 1 aromatic rings. The van der Waals surface area contributed by atoms with Crippen LogP contribution in [0.15, 0.2) is 12.3 Å². The van der Waals surface area contributed by atoms with E-state index in [1.165, 1.54) is 12.8 Å². The first-order valence-electron chi connectivity index (χ1n) is 5.56. The molecule has 2 N–H and O–H groups in total. The molecule has 2 atom stereocenters. The van der Waals surface area contributed by atoms with Gasteiger partial charge in [-0.1, -0.05) is 19.8 Å². The van der Waals surface area contributed by atoms with Crippen molar-refractivity contribution in [3.63, 3.8) is 0 Å². The largest absolute Gasteiger partial charge is 0.348 e. The number of H-pyrrole nitrogens is 1. The van der Waals surface area contributed by atoms with Crippen LogP contribution in [0.25, 0.3) is 0 Å². The molecule has 0 saturated heterocycles. The molecule has 82 valence electrons. The molecule has 4 nitrogen and oxygen atoms in total. The Balaban J connectivity index is 1.89. The van der Waals surface area contributed by atoms with Crippen LogP contribution in [0, 0.1) is 5.92 Å². The molecule has 0 aliphatic heterocycles. The van der Waals surface area contributed by atoms with Gasteiger partial charge < -0.3 is 5.32 Å². The molecule has 1 amide bonds. The second kappa shape index (κ2) is 4.47. The summed E-state index contributed by atoms with van der Waals surface area (Å²) in [5.74, 6) is 0.692. The number of nitrogens with zero attached hydrogens (tertiary/aromatic N) is 1. The molecular weight excluding hydrogens is 190 g/mol. The Morgan fingerprint density at radius 3 is 3.13 bits per heavy atom. The fourth-order valence-electron chi connectivity index (χ4n) is 2.21. The topological polar surface area (TPSA) is 57.8 Å². The third-order valence-electron chi connectivity index (χ3n) is 3.02. The van der Waals surface area contributed by atoms with Crippen LogP contribution >= 0.6 is 0 Å². The second-order valence-electron chi connectivity index (χ2n) is 4.41. The molecule has 15 heavy (non-hydrogen) atoms. The van der Waals surface area contributed by atoms with Crippen molar-refractivity contribution in [2.75, 3.05) is 0 Å². The number of carbonyl (C=O) groups excluding carboxylic acids is 1. The molecule has 1 aromatic heterocycles. The van der Waals surface area contributed by atoms with Gasteiger partial charge in [-0.2, -0.15) is 5.10 Å². The highest BCUT2D eigenvalue weighted by Gasteiger charge is 2.21. The van der Waals surface area contributed by atoms with Gasteiger partial charge in [0.05, 0.1) is 0 Å². The Morgan fingerprint density at radius 1 is 1.60 bits per heavy atom. The average molecular weight is 207 g/mol. The van der Waals surface area contributed by atoms with Crippen molar-refractivity contribution in [1.82, 2.24) is 15.5 Å². The Labute approximate surface area is 89.5 Å². The van der Waals surface area contributed by atoms with E-state index in [1.54, 1.807) is 12.3 Å². The van der Waals surface area contributed by atoms with Gasteiger partial charge in [-0.3, -0.25) is 9.89 Å². The average Bonchev–Trinajstić information content (AvgIpc) is 2.70. The van der Waals surface area contributed by atoms with E-state index in [2.05, 4.69) is 22.4 Å². The molecule has 0 spiro atoms. The van der Waals surface area contributed by atoms with E-state index in [1.807, 2.05) is 0 Å². The molecule has 1 fully saturated rings. The van der Waals surface area contributed by atoms with Crippen LogP contribution in [0.1, 0.15) is 43.1 Å². The van der Waals surface area contributed by atoms with Crippen molar-refractivity contribution in [1.29, 1.82) is 0 Å². The highest BCUT2D eigenvalue weighted by molar-refractivity contribution is 5.92. The van der Waals surface area contributed by atoms with Gasteiger partial charge in [0.25, 0.3) is 5.91 Å². The fourth-order valence-corrected chi connectivity index (χ4v) is 2.21. The van der Waals surface area contributed by atoms with Crippen molar-refractivity contribution >= 4 is 5.91 Å². The van der Waals surface area contributed by atoms with Crippen LogP contribution in [0.3, 0.4) is 0 Å². The minimum absolute atomic E-state index is 0.0356. The third-order valence-corrected chi connectivity index (χ3v) is 3.02. The molecule has 1 saturated carbocycles. The minimum atomic E-state index is -0.0356. The van der Waals surface area contributed by atoms with Crippen LogP contribution in [0.2, 0.25) is 0 Å². The molecule has 1 aliphatic carbocycles. The summed E-state index contributed by atoms with van der Waals surface area (Å²) in [6, 6.07) is 2.03. The van der Waals surface area contributed by atoms with E-state index in [9.17, 15) is 4.79 Å². The highest BCUT2D eigenvalue weighted by atomic mass is 16.2. The van der Waals surface area contributed by atoms with E-state index in [4.69, 9.17) is 0 Å². The smallest absolute Gasteiger partial charge is 0.269 e. The van der Waals surface area contributed by atoms with Gasteiger partial charge in [0.2, 0.25) is 0 Å². The summed E-state index contributed by atoms with van der Waals surface area (Å²) in [7, 11) is 0. The minimum Gasteiger partial charge on any atom is -0.348 e. The van der Waals surface area contributed by atoms with Gasteiger partial charge in [0, 0.05) is 12.2 Å². The molecule has 2 rings (SSSR count).